The molecule has 0 radical (unpaired) electrons. The van der Waals surface area contributed by atoms with Gasteiger partial charge in [-0.15, -0.1) is 6.58 Å². The zero-order valence-corrected chi connectivity index (χ0v) is 13.7. The number of halogens is 1. The lowest BCUT2D eigenvalue weighted by Crippen LogP contribution is -2.48. The van der Waals surface area contributed by atoms with E-state index in [0.717, 1.165) is 31.4 Å². The number of carbonyl (C=O) groups is 1. The lowest BCUT2D eigenvalue weighted by atomic mass is 10.00. The average molecular weight is 385 g/mol. The van der Waals surface area contributed by atoms with Crippen molar-refractivity contribution in [3.63, 3.8) is 0 Å². The van der Waals surface area contributed by atoms with Crippen LogP contribution in [0.1, 0.15) is 24.8 Å². The summed E-state index contributed by atoms with van der Waals surface area (Å²) in [7, 11) is 0. The molecule has 0 N–H and O–H groups in total. The standard InChI is InChI=1S/C16H20INO2/c1-2-7-15-14(17)10-6-11-18(15)16(19)20-12-13-8-4-3-5-9-13/h2-5,8-9,14-15H,1,6-7,10-12H2/t14-,15+/m0/s1. The zero-order chi connectivity index (χ0) is 14.4. The molecular weight excluding hydrogens is 365 g/mol. The average Bonchev–Trinajstić information content (AvgIpc) is 2.48. The van der Waals surface area contributed by atoms with Gasteiger partial charge in [-0.25, -0.2) is 4.79 Å². The van der Waals surface area contributed by atoms with Crippen LogP contribution < -0.4 is 0 Å². The molecule has 1 amide bonds. The SMILES string of the molecule is C=CC[C@@H]1[C@@H](I)CCCN1C(=O)OCc1ccccc1. The Hall–Kier alpha value is -1.04. The van der Waals surface area contributed by atoms with Crippen LogP contribution in [0.4, 0.5) is 4.79 Å². The van der Waals surface area contributed by atoms with E-state index < -0.39 is 0 Å². The van der Waals surface area contributed by atoms with Crippen LogP contribution in [-0.4, -0.2) is 27.5 Å². The first kappa shape index (κ1) is 15.4. The molecule has 1 aromatic carbocycles. The van der Waals surface area contributed by atoms with Gasteiger partial charge in [0.2, 0.25) is 0 Å². The summed E-state index contributed by atoms with van der Waals surface area (Å²) < 4.78 is 5.92. The van der Waals surface area contributed by atoms with Gasteiger partial charge in [-0.3, -0.25) is 0 Å². The fourth-order valence-electron chi connectivity index (χ4n) is 2.48. The largest absolute Gasteiger partial charge is 0.445 e. The maximum absolute atomic E-state index is 12.3. The van der Waals surface area contributed by atoms with Crippen LogP contribution in [0.5, 0.6) is 0 Å². The first-order chi connectivity index (χ1) is 9.72. The highest BCUT2D eigenvalue weighted by molar-refractivity contribution is 14.1. The number of benzene rings is 1. The predicted octanol–water partition coefficient (Wildman–Crippen LogP) is 4.17. The lowest BCUT2D eigenvalue weighted by Gasteiger charge is -2.37. The van der Waals surface area contributed by atoms with E-state index in [9.17, 15) is 4.79 Å². The molecule has 0 spiro atoms. The summed E-state index contributed by atoms with van der Waals surface area (Å²) >= 11 is 2.43. The summed E-state index contributed by atoms with van der Waals surface area (Å²) in [4.78, 5) is 14.1. The molecule has 3 nitrogen and oxygen atoms in total. The second-order valence-corrected chi connectivity index (χ2v) is 6.58. The van der Waals surface area contributed by atoms with Crippen LogP contribution in [-0.2, 0) is 11.3 Å². The monoisotopic (exact) mass is 385 g/mol. The van der Waals surface area contributed by atoms with Crippen LogP contribution in [0, 0.1) is 0 Å². The highest BCUT2D eigenvalue weighted by Gasteiger charge is 2.32. The van der Waals surface area contributed by atoms with Gasteiger partial charge in [0.25, 0.3) is 0 Å². The van der Waals surface area contributed by atoms with Crippen LogP contribution in [0.3, 0.4) is 0 Å². The first-order valence-corrected chi connectivity index (χ1v) is 8.19. The molecular formula is C16H20INO2. The van der Waals surface area contributed by atoms with E-state index in [1.54, 1.807) is 0 Å². The van der Waals surface area contributed by atoms with Crippen molar-refractivity contribution in [1.82, 2.24) is 4.90 Å². The summed E-state index contributed by atoms with van der Waals surface area (Å²) in [5, 5.41) is 0. The lowest BCUT2D eigenvalue weighted by molar-refractivity contribution is 0.0718. The van der Waals surface area contributed by atoms with E-state index in [-0.39, 0.29) is 12.1 Å². The number of rotatable bonds is 4. The molecule has 108 valence electrons. The number of carbonyl (C=O) groups excluding carboxylic acids is 1. The number of nitrogens with zero attached hydrogens (tertiary/aromatic N) is 1. The summed E-state index contributed by atoms with van der Waals surface area (Å²) in [5.74, 6) is 0. The molecule has 0 unspecified atom stereocenters. The molecule has 0 saturated carbocycles. The topological polar surface area (TPSA) is 29.5 Å². The van der Waals surface area contributed by atoms with Crippen molar-refractivity contribution in [3.8, 4) is 0 Å². The quantitative estimate of drug-likeness (QED) is 0.443. The first-order valence-electron chi connectivity index (χ1n) is 6.94. The molecule has 4 heteroatoms. The summed E-state index contributed by atoms with van der Waals surface area (Å²) in [6, 6.07) is 10.00. The Morgan fingerprint density at radius 2 is 2.20 bits per heavy atom. The third-order valence-corrected chi connectivity index (χ3v) is 5.00. The second kappa shape index (κ2) is 7.67. The molecule has 2 atom stereocenters. The van der Waals surface area contributed by atoms with E-state index in [1.807, 2.05) is 41.3 Å². The number of hydrogen-bond donors (Lipinski definition) is 0. The van der Waals surface area contributed by atoms with Crippen LogP contribution in [0.25, 0.3) is 0 Å². The molecule has 0 bridgehead atoms. The summed E-state index contributed by atoms with van der Waals surface area (Å²) in [6.07, 6.45) is 4.71. The van der Waals surface area contributed by atoms with Gasteiger partial charge in [-0.1, -0.05) is 59.0 Å². The number of amides is 1. The van der Waals surface area contributed by atoms with Crippen LogP contribution >= 0.6 is 22.6 Å². The second-order valence-electron chi connectivity index (χ2n) is 4.98. The van der Waals surface area contributed by atoms with Gasteiger partial charge in [-0.05, 0) is 24.8 Å². The molecule has 0 aliphatic carbocycles. The van der Waals surface area contributed by atoms with Gasteiger partial charge >= 0.3 is 6.09 Å². The van der Waals surface area contributed by atoms with E-state index >= 15 is 0 Å². The van der Waals surface area contributed by atoms with E-state index in [4.69, 9.17) is 4.74 Å². The van der Waals surface area contributed by atoms with E-state index in [1.165, 1.54) is 0 Å². The fraction of sp³-hybridized carbons (Fsp3) is 0.438. The highest BCUT2D eigenvalue weighted by atomic mass is 127. The van der Waals surface area contributed by atoms with Gasteiger partial charge in [0, 0.05) is 10.5 Å². The Labute approximate surface area is 134 Å². The van der Waals surface area contributed by atoms with Gasteiger partial charge in [0.15, 0.2) is 0 Å². The number of ether oxygens (including phenoxy) is 1. The maximum atomic E-state index is 12.3. The minimum Gasteiger partial charge on any atom is -0.445 e. The van der Waals surface area contributed by atoms with Crippen molar-refractivity contribution in [3.05, 3.63) is 48.6 Å². The molecule has 1 aliphatic rings. The minimum atomic E-state index is -0.206. The van der Waals surface area contributed by atoms with Gasteiger partial charge in [0.1, 0.15) is 6.61 Å². The van der Waals surface area contributed by atoms with Gasteiger partial charge in [0.05, 0.1) is 6.04 Å². The van der Waals surface area contributed by atoms with Crippen molar-refractivity contribution in [2.75, 3.05) is 6.54 Å². The summed E-state index contributed by atoms with van der Waals surface area (Å²) in [6.45, 7) is 4.91. The third kappa shape index (κ3) is 3.98. The predicted molar refractivity (Wildman–Crippen MR) is 89.0 cm³/mol. The molecule has 1 aliphatic heterocycles. The number of likely N-dealkylation sites (tertiary alicyclic amines) is 1. The Kier molecular flexibility index (Phi) is 5.88. The van der Waals surface area contributed by atoms with Crippen LogP contribution in [0.2, 0.25) is 0 Å². The van der Waals surface area contributed by atoms with E-state index in [0.29, 0.717) is 10.5 Å². The van der Waals surface area contributed by atoms with Gasteiger partial charge < -0.3 is 9.64 Å². The van der Waals surface area contributed by atoms with Crippen molar-refractivity contribution in [1.29, 1.82) is 0 Å². The Morgan fingerprint density at radius 3 is 2.90 bits per heavy atom. The Morgan fingerprint density at radius 1 is 1.45 bits per heavy atom. The zero-order valence-electron chi connectivity index (χ0n) is 11.5. The molecule has 1 saturated heterocycles. The summed E-state index contributed by atoms with van der Waals surface area (Å²) in [5.41, 5.74) is 1.02. The fourth-order valence-corrected chi connectivity index (χ4v) is 3.61. The highest BCUT2D eigenvalue weighted by Crippen LogP contribution is 2.27. The smallest absolute Gasteiger partial charge is 0.410 e. The molecule has 2 rings (SSSR count). The number of hydrogen-bond acceptors (Lipinski definition) is 2. The van der Waals surface area contributed by atoms with Crippen LogP contribution in [0.15, 0.2) is 43.0 Å². The molecule has 1 aromatic rings. The Bertz CT molecular complexity index is 449. The number of piperidine rings is 1. The van der Waals surface area contributed by atoms with Crippen molar-refractivity contribution >= 4 is 28.7 Å². The van der Waals surface area contributed by atoms with Crippen molar-refractivity contribution in [2.45, 2.75) is 35.8 Å². The normalized spacial score (nSPS) is 22.4. The molecule has 0 aromatic heterocycles. The minimum absolute atomic E-state index is 0.206. The Balaban J connectivity index is 1.94. The molecule has 1 fully saturated rings. The third-order valence-electron chi connectivity index (χ3n) is 3.54. The maximum Gasteiger partial charge on any atom is 0.410 e. The molecule has 1 heterocycles. The van der Waals surface area contributed by atoms with Gasteiger partial charge in [-0.2, -0.15) is 0 Å². The van der Waals surface area contributed by atoms with E-state index in [2.05, 4.69) is 29.2 Å². The van der Waals surface area contributed by atoms with Crippen molar-refractivity contribution < 1.29 is 9.53 Å². The number of alkyl halides is 1. The molecule has 20 heavy (non-hydrogen) atoms. The van der Waals surface area contributed by atoms with Crippen molar-refractivity contribution in [2.24, 2.45) is 0 Å².